The Morgan fingerprint density at radius 1 is 1.00 bits per heavy atom. The van der Waals surface area contributed by atoms with Gasteiger partial charge in [-0.3, -0.25) is 0 Å². The van der Waals surface area contributed by atoms with E-state index in [-0.39, 0.29) is 5.41 Å². The standard InChI is InChI=1S/C9H18O3/c1-3-5-9(6-4-2)7-10-12-11-8-9/h3-8H2,1-2H3. The minimum absolute atomic E-state index is 0.210. The summed E-state index contributed by atoms with van der Waals surface area (Å²) in [6.07, 6.45) is 4.66. The molecule has 1 heterocycles. The molecule has 3 heteroatoms. The summed E-state index contributed by atoms with van der Waals surface area (Å²) in [5, 5.41) is 4.42. The first-order chi connectivity index (χ1) is 5.83. The second-order valence-electron chi connectivity index (χ2n) is 3.59. The van der Waals surface area contributed by atoms with Crippen LogP contribution in [-0.4, -0.2) is 13.2 Å². The Hall–Kier alpha value is -0.120. The van der Waals surface area contributed by atoms with E-state index in [1.807, 2.05) is 0 Å². The van der Waals surface area contributed by atoms with Gasteiger partial charge in [0.25, 0.3) is 0 Å². The lowest BCUT2D eigenvalue weighted by Gasteiger charge is -2.34. The average molecular weight is 174 g/mol. The maximum atomic E-state index is 4.87. The maximum absolute atomic E-state index is 4.87. The Morgan fingerprint density at radius 2 is 1.50 bits per heavy atom. The second kappa shape index (κ2) is 4.80. The Kier molecular flexibility index (Phi) is 3.98. The van der Waals surface area contributed by atoms with Crippen LogP contribution in [0.5, 0.6) is 0 Å². The zero-order valence-corrected chi connectivity index (χ0v) is 7.97. The highest BCUT2D eigenvalue weighted by molar-refractivity contribution is 4.78. The average Bonchev–Trinajstić information content (AvgIpc) is 2.07. The Labute approximate surface area is 73.9 Å². The smallest absolute Gasteiger partial charge is 0.0933 e. The topological polar surface area (TPSA) is 27.7 Å². The van der Waals surface area contributed by atoms with Gasteiger partial charge in [-0.2, -0.15) is 0 Å². The summed E-state index contributed by atoms with van der Waals surface area (Å²) in [7, 11) is 0. The molecule has 3 nitrogen and oxygen atoms in total. The molecule has 12 heavy (non-hydrogen) atoms. The summed E-state index contributed by atoms with van der Waals surface area (Å²) < 4.78 is 0. The Morgan fingerprint density at radius 3 is 1.92 bits per heavy atom. The van der Waals surface area contributed by atoms with Crippen molar-refractivity contribution in [3.8, 4) is 0 Å². The first-order valence-electron chi connectivity index (χ1n) is 4.74. The summed E-state index contributed by atoms with van der Waals surface area (Å²) in [5.41, 5.74) is 0.210. The fraction of sp³-hybridized carbons (Fsp3) is 1.00. The lowest BCUT2D eigenvalue weighted by Crippen LogP contribution is -2.36. The lowest BCUT2D eigenvalue weighted by atomic mass is 9.81. The third-order valence-corrected chi connectivity index (χ3v) is 2.39. The minimum atomic E-state index is 0.210. The molecule has 1 saturated heterocycles. The van der Waals surface area contributed by atoms with Gasteiger partial charge >= 0.3 is 0 Å². The van der Waals surface area contributed by atoms with Crippen LogP contribution >= 0.6 is 0 Å². The van der Waals surface area contributed by atoms with Gasteiger partial charge in [-0.15, -0.1) is 0 Å². The van der Waals surface area contributed by atoms with Gasteiger partial charge in [-0.1, -0.05) is 31.7 Å². The molecule has 0 atom stereocenters. The maximum Gasteiger partial charge on any atom is 0.0933 e. The monoisotopic (exact) mass is 174 g/mol. The normalized spacial score (nSPS) is 22.5. The van der Waals surface area contributed by atoms with Crippen LogP contribution in [0.1, 0.15) is 39.5 Å². The van der Waals surface area contributed by atoms with Crippen LogP contribution in [-0.2, 0) is 14.8 Å². The van der Waals surface area contributed by atoms with Crippen LogP contribution in [0.4, 0.5) is 0 Å². The van der Waals surface area contributed by atoms with E-state index in [9.17, 15) is 0 Å². The molecular weight excluding hydrogens is 156 g/mol. The largest absolute Gasteiger partial charge is 0.206 e. The molecule has 0 radical (unpaired) electrons. The van der Waals surface area contributed by atoms with Crippen molar-refractivity contribution in [1.82, 2.24) is 0 Å². The minimum Gasteiger partial charge on any atom is -0.206 e. The molecule has 0 spiro atoms. The van der Waals surface area contributed by atoms with Crippen molar-refractivity contribution in [2.45, 2.75) is 39.5 Å². The molecule has 0 N–H and O–H groups in total. The first kappa shape index (κ1) is 9.96. The molecule has 0 aliphatic carbocycles. The van der Waals surface area contributed by atoms with Gasteiger partial charge in [0, 0.05) is 5.41 Å². The molecule has 0 unspecified atom stereocenters. The zero-order chi connectivity index (χ0) is 8.86. The van der Waals surface area contributed by atoms with Crippen LogP contribution in [0.3, 0.4) is 0 Å². The summed E-state index contributed by atoms with van der Waals surface area (Å²) in [5.74, 6) is 0. The van der Waals surface area contributed by atoms with Crippen molar-refractivity contribution < 1.29 is 14.8 Å². The van der Waals surface area contributed by atoms with Crippen molar-refractivity contribution in [1.29, 1.82) is 0 Å². The molecule has 0 aromatic heterocycles. The van der Waals surface area contributed by atoms with E-state index in [1.54, 1.807) is 0 Å². The molecule has 1 fully saturated rings. The van der Waals surface area contributed by atoms with Gasteiger partial charge in [-0.05, 0) is 12.8 Å². The van der Waals surface area contributed by atoms with Gasteiger partial charge < -0.3 is 0 Å². The van der Waals surface area contributed by atoms with E-state index in [1.165, 1.54) is 12.8 Å². The van der Waals surface area contributed by atoms with E-state index in [0.29, 0.717) is 13.2 Å². The van der Waals surface area contributed by atoms with Gasteiger partial charge in [0.15, 0.2) is 0 Å². The fourth-order valence-corrected chi connectivity index (χ4v) is 1.85. The summed E-state index contributed by atoms with van der Waals surface area (Å²) in [4.78, 5) is 9.74. The van der Waals surface area contributed by atoms with E-state index >= 15 is 0 Å². The van der Waals surface area contributed by atoms with Crippen LogP contribution in [0.15, 0.2) is 0 Å². The number of hydrogen-bond donors (Lipinski definition) is 0. The summed E-state index contributed by atoms with van der Waals surface area (Å²) in [6.45, 7) is 5.73. The quantitative estimate of drug-likeness (QED) is 0.613. The Balaban J connectivity index is 2.44. The van der Waals surface area contributed by atoms with Gasteiger partial charge in [0.05, 0.1) is 13.2 Å². The predicted molar refractivity (Wildman–Crippen MR) is 45.2 cm³/mol. The predicted octanol–water partition coefficient (Wildman–Crippen LogP) is 2.47. The summed E-state index contributed by atoms with van der Waals surface area (Å²) >= 11 is 0. The third kappa shape index (κ3) is 2.44. The third-order valence-electron chi connectivity index (χ3n) is 2.39. The molecule has 1 aliphatic rings. The van der Waals surface area contributed by atoms with Crippen molar-refractivity contribution in [3.63, 3.8) is 0 Å². The van der Waals surface area contributed by atoms with Crippen molar-refractivity contribution in [2.24, 2.45) is 5.41 Å². The molecule has 72 valence electrons. The molecule has 1 rings (SSSR count). The molecule has 0 aromatic rings. The van der Waals surface area contributed by atoms with E-state index in [4.69, 9.17) is 9.78 Å². The highest BCUT2D eigenvalue weighted by Crippen LogP contribution is 2.33. The zero-order valence-electron chi connectivity index (χ0n) is 7.97. The SMILES string of the molecule is CCCC1(CCC)COOOC1. The molecule has 0 saturated carbocycles. The molecule has 1 aliphatic heterocycles. The van der Waals surface area contributed by atoms with Gasteiger partial charge in [-0.25, -0.2) is 9.78 Å². The molecule has 0 amide bonds. The van der Waals surface area contributed by atoms with Gasteiger partial charge in [0.2, 0.25) is 0 Å². The highest BCUT2D eigenvalue weighted by Gasteiger charge is 2.33. The molecule has 0 bridgehead atoms. The molecule has 0 aromatic carbocycles. The number of hydrogen-bond acceptors (Lipinski definition) is 3. The van der Waals surface area contributed by atoms with Crippen molar-refractivity contribution in [2.75, 3.05) is 13.2 Å². The fourth-order valence-electron chi connectivity index (χ4n) is 1.85. The molecular formula is C9H18O3. The van der Waals surface area contributed by atoms with Crippen LogP contribution in [0.25, 0.3) is 0 Å². The lowest BCUT2D eigenvalue weighted by molar-refractivity contribution is -0.551. The second-order valence-corrected chi connectivity index (χ2v) is 3.59. The van der Waals surface area contributed by atoms with E-state index < -0.39 is 0 Å². The van der Waals surface area contributed by atoms with Gasteiger partial charge in [0.1, 0.15) is 0 Å². The summed E-state index contributed by atoms with van der Waals surface area (Å²) in [6, 6.07) is 0. The van der Waals surface area contributed by atoms with E-state index in [0.717, 1.165) is 12.8 Å². The van der Waals surface area contributed by atoms with Crippen LogP contribution in [0, 0.1) is 5.41 Å². The Bertz CT molecular complexity index is 103. The highest BCUT2D eigenvalue weighted by atomic mass is 17.5. The first-order valence-corrected chi connectivity index (χ1v) is 4.74. The van der Waals surface area contributed by atoms with Crippen molar-refractivity contribution in [3.05, 3.63) is 0 Å². The number of rotatable bonds is 4. The van der Waals surface area contributed by atoms with E-state index in [2.05, 4.69) is 18.9 Å². The van der Waals surface area contributed by atoms with Crippen LogP contribution < -0.4 is 0 Å². The van der Waals surface area contributed by atoms with Crippen molar-refractivity contribution >= 4 is 0 Å². The van der Waals surface area contributed by atoms with Crippen LogP contribution in [0.2, 0.25) is 0 Å².